The molecule has 0 fully saturated rings. The minimum atomic E-state index is -0.486. The quantitative estimate of drug-likeness (QED) is 0.784. The van der Waals surface area contributed by atoms with Crippen LogP contribution in [0, 0.1) is 11.3 Å². The second-order valence-corrected chi connectivity index (χ2v) is 5.21. The first-order valence-corrected chi connectivity index (χ1v) is 7.70. The van der Waals surface area contributed by atoms with Crippen LogP contribution in [0.3, 0.4) is 0 Å². The summed E-state index contributed by atoms with van der Waals surface area (Å²) in [6, 6.07) is 16.0. The van der Waals surface area contributed by atoms with E-state index in [1.165, 1.54) is 0 Å². The molecule has 2 aromatic rings. The van der Waals surface area contributed by atoms with Gasteiger partial charge in [-0.25, -0.2) is 0 Å². The summed E-state index contributed by atoms with van der Waals surface area (Å²) in [7, 11) is 1.59. The molecule has 0 saturated heterocycles. The first-order valence-electron chi connectivity index (χ1n) is 7.70. The van der Waals surface area contributed by atoms with Gasteiger partial charge in [-0.2, -0.15) is 5.26 Å². The number of nitriles is 1. The van der Waals surface area contributed by atoms with E-state index in [1.54, 1.807) is 31.4 Å². The molecule has 25 heavy (non-hydrogen) atoms. The van der Waals surface area contributed by atoms with E-state index in [1.807, 2.05) is 30.3 Å². The maximum absolute atomic E-state index is 11.8. The largest absolute Gasteiger partial charge is 0.497 e. The molecule has 0 saturated carbocycles. The maximum Gasteiger partial charge on any atom is 0.306 e. The summed E-state index contributed by atoms with van der Waals surface area (Å²) in [5, 5.41) is 11.5. The van der Waals surface area contributed by atoms with Crippen LogP contribution >= 0.6 is 0 Å². The minimum absolute atomic E-state index is 0.175. The van der Waals surface area contributed by atoms with Crippen LogP contribution in [0.5, 0.6) is 5.75 Å². The van der Waals surface area contributed by atoms with Crippen molar-refractivity contribution < 1.29 is 19.1 Å². The maximum atomic E-state index is 11.8. The second kappa shape index (κ2) is 9.08. The molecule has 0 unspecified atom stereocenters. The van der Waals surface area contributed by atoms with Crippen LogP contribution in [0.1, 0.15) is 17.5 Å². The highest BCUT2D eigenvalue weighted by Gasteiger charge is 2.10. The zero-order valence-corrected chi connectivity index (χ0v) is 13.8. The Morgan fingerprint density at radius 1 is 1.12 bits per heavy atom. The number of ether oxygens (including phenoxy) is 2. The number of hydrogen-bond donors (Lipinski definition) is 1. The highest BCUT2D eigenvalue weighted by atomic mass is 16.5. The van der Waals surface area contributed by atoms with Crippen molar-refractivity contribution >= 4 is 17.6 Å². The molecule has 6 nitrogen and oxygen atoms in total. The van der Waals surface area contributed by atoms with Crippen molar-refractivity contribution in [2.24, 2.45) is 0 Å². The van der Waals surface area contributed by atoms with Crippen LogP contribution < -0.4 is 10.1 Å². The summed E-state index contributed by atoms with van der Waals surface area (Å²) in [6.45, 7) is -0.388. The van der Waals surface area contributed by atoms with Crippen LogP contribution in [-0.2, 0) is 20.7 Å². The number of benzene rings is 2. The Balaban J connectivity index is 1.75. The van der Waals surface area contributed by atoms with Gasteiger partial charge in [-0.1, -0.05) is 24.3 Å². The lowest BCUT2D eigenvalue weighted by Crippen LogP contribution is -2.21. The van der Waals surface area contributed by atoms with Crippen LogP contribution in [0.25, 0.3) is 0 Å². The van der Waals surface area contributed by atoms with Gasteiger partial charge >= 0.3 is 5.97 Å². The Kier molecular flexibility index (Phi) is 6.55. The topological polar surface area (TPSA) is 88.4 Å². The fourth-order valence-corrected chi connectivity index (χ4v) is 2.13. The first-order chi connectivity index (χ1) is 12.1. The molecular formula is C19H18N2O4. The van der Waals surface area contributed by atoms with Crippen molar-refractivity contribution in [3.05, 3.63) is 59.7 Å². The summed E-state index contributed by atoms with van der Waals surface area (Å²) < 4.78 is 10.0. The number of carbonyl (C=O) groups is 2. The Bertz CT molecular complexity index is 779. The van der Waals surface area contributed by atoms with E-state index in [9.17, 15) is 9.59 Å². The lowest BCUT2D eigenvalue weighted by Gasteiger charge is -2.08. The molecule has 0 aliphatic carbocycles. The van der Waals surface area contributed by atoms with E-state index in [0.29, 0.717) is 17.7 Å². The molecule has 128 valence electrons. The van der Waals surface area contributed by atoms with Crippen molar-refractivity contribution in [3.63, 3.8) is 0 Å². The zero-order chi connectivity index (χ0) is 18.1. The molecule has 0 bridgehead atoms. The third kappa shape index (κ3) is 5.66. The minimum Gasteiger partial charge on any atom is -0.497 e. The molecule has 0 aliphatic heterocycles. The fourth-order valence-electron chi connectivity index (χ4n) is 2.13. The SMILES string of the molecule is COc1ccc(CCC(=O)OCC(=O)Nc2ccccc2C#N)cc1. The van der Waals surface area contributed by atoms with Crippen molar-refractivity contribution in [2.75, 3.05) is 19.0 Å². The molecule has 0 radical (unpaired) electrons. The van der Waals surface area contributed by atoms with Crippen molar-refractivity contribution in [1.82, 2.24) is 0 Å². The number of rotatable bonds is 7. The van der Waals surface area contributed by atoms with Crippen molar-refractivity contribution in [3.8, 4) is 11.8 Å². The third-order valence-electron chi connectivity index (χ3n) is 3.46. The van der Waals surface area contributed by atoms with E-state index in [4.69, 9.17) is 14.7 Å². The van der Waals surface area contributed by atoms with Gasteiger partial charge in [-0.3, -0.25) is 9.59 Å². The van der Waals surface area contributed by atoms with Crippen LogP contribution in [-0.4, -0.2) is 25.6 Å². The second-order valence-electron chi connectivity index (χ2n) is 5.21. The van der Waals surface area contributed by atoms with E-state index in [-0.39, 0.29) is 13.0 Å². The number of hydrogen-bond acceptors (Lipinski definition) is 5. The third-order valence-corrected chi connectivity index (χ3v) is 3.46. The van der Waals surface area contributed by atoms with Gasteiger partial charge in [-0.15, -0.1) is 0 Å². The van der Waals surface area contributed by atoms with Crippen LogP contribution in [0.4, 0.5) is 5.69 Å². The number of anilines is 1. The predicted molar refractivity (Wildman–Crippen MR) is 92.1 cm³/mol. The fraction of sp³-hybridized carbons (Fsp3) is 0.211. The zero-order valence-electron chi connectivity index (χ0n) is 13.8. The molecule has 2 rings (SSSR count). The lowest BCUT2D eigenvalue weighted by molar-refractivity contribution is -0.147. The summed E-state index contributed by atoms with van der Waals surface area (Å²) in [4.78, 5) is 23.6. The monoisotopic (exact) mass is 338 g/mol. The summed E-state index contributed by atoms with van der Waals surface area (Å²) in [5.74, 6) is -0.194. The molecule has 0 heterocycles. The summed E-state index contributed by atoms with van der Waals surface area (Å²) in [6.07, 6.45) is 0.691. The number of aryl methyl sites for hydroxylation is 1. The molecular weight excluding hydrogens is 320 g/mol. The molecule has 0 atom stereocenters. The van der Waals surface area contributed by atoms with Gasteiger partial charge in [0.25, 0.3) is 5.91 Å². The van der Waals surface area contributed by atoms with Gasteiger partial charge in [0, 0.05) is 6.42 Å². The number of nitrogens with zero attached hydrogens (tertiary/aromatic N) is 1. The normalized spacial score (nSPS) is 9.76. The Morgan fingerprint density at radius 3 is 2.52 bits per heavy atom. The number of nitrogens with one attached hydrogen (secondary N) is 1. The number of amides is 1. The van der Waals surface area contributed by atoms with Crippen molar-refractivity contribution in [1.29, 1.82) is 5.26 Å². The van der Waals surface area contributed by atoms with Gasteiger partial charge in [0.05, 0.1) is 18.4 Å². The molecule has 6 heteroatoms. The number of esters is 1. The van der Waals surface area contributed by atoms with Gasteiger partial charge in [0.1, 0.15) is 11.8 Å². The summed E-state index contributed by atoms with van der Waals surface area (Å²) >= 11 is 0. The van der Waals surface area contributed by atoms with Crippen molar-refractivity contribution in [2.45, 2.75) is 12.8 Å². The smallest absolute Gasteiger partial charge is 0.306 e. The average molecular weight is 338 g/mol. The van der Waals surface area contributed by atoms with Gasteiger partial charge in [0.15, 0.2) is 6.61 Å². The van der Waals surface area contributed by atoms with E-state index in [2.05, 4.69) is 5.32 Å². The highest BCUT2D eigenvalue weighted by Crippen LogP contribution is 2.14. The lowest BCUT2D eigenvalue weighted by atomic mass is 10.1. The Hall–Kier alpha value is -3.33. The predicted octanol–water partition coefficient (Wildman–Crippen LogP) is 2.68. The average Bonchev–Trinajstić information content (AvgIpc) is 2.65. The van der Waals surface area contributed by atoms with Gasteiger partial charge < -0.3 is 14.8 Å². The molecule has 1 N–H and O–H groups in total. The van der Waals surface area contributed by atoms with E-state index >= 15 is 0 Å². The molecule has 0 aromatic heterocycles. The number of methoxy groups -OCH3 is 1. The molecule has 0 aliphatic rings. The Morgan fingerprint density at radius 2 is 1.84 bits per heavy atom. The highest BCUT2D eigenvalue weighted by molar-refractivity contribution is 5.93. The first kappa shape index (κ1) is 18.0. The molecule has 2 aromatic carbocycles. The Labute approximate surface area is 146 Å². The number of para-hydroxylation sites is 1. The van der Waals surface area contributed by atoms with E-state index < -0.39 is 11.9 Å². The molecule has 0 spiro atoms. The van der Waals surface area contributed by atoms with Crippen LogP contribution in [0.15, 0.2) is 48.5 Å². The standard InChI is InChI=1S/C19H18N2O4/c1-24-16-9-6-14(7-10-16)8-11-19(23)25-13-18(22)21-17-5-3-2-4-15(17)12-20/h2-7,9-10H,8,11,13H2,1H3,(H,21,22). The van der Waals surface area contributed by atoms with Gasteiger partial charge in [-0.05, 0) is 36.2 Å². The van der Waals surface area contributed by atoms with Gasteiger partial charge in [0.2, 0.25) is 0 Å². The van der Waals surface area contributed by atoms with E-state index in [0.717, 1.165) is 11.3 Å². The number of carbonyl (C=O) groups excluding carboxylic acids is 2. The summed E-state index contributed by atoms with van der Waals surface area (Å²) in [5.41, 5.74) is 1.72. The van der Waals surface area contributed by atoms with Crippen LogP contribution in [0.2, 0.25) is 0 Å². The molecule has 1 amide bonds.